The van der Waals surface area contributed by atoms with Gasteiger partial charge in [0.2, 0.25) is 0 Å². The number of esters is 1. The van der Waals surface area contributed by atoms with Crippen molar-refractivity contribution in [3.63, 3.8) is 0 Å². The molecule has 0 saturated carbocycles. The van der Waals surface area contributed by atoms with Gasteiger partial charge in [-0.25, -0.2) is 13.9 Å². The highest BCUT2D eigenvalue weighted by molar-refractivity contribution is 6.05. The Morgan fingerprint density at radius 3 is 2.54 bits per heavy atom. The summed E-state index contributed by atoms with van der Waals surface area (Å²) in [7, 11) is 0. The molecule has 0 unspecified atom stereocenters. The molecule has 3 aromatic rings. The number of rotatable bonds is 6. The van der Waals surface area contributed by atoms with Crippen molar-refractivity contribution >= 4 is 17.6 Å². The Balaban J connectivity index is 1.74. The third kappa shape index (κ3) is 4.09. The number of hydrogen-bond donors (Lipinski definition) is 1. The maximum atomic E-state index is 14.0. The molecule has 0 aliphatic rings. The van der Waals surface area contributed by atoms with Crippen molar-refractivity contribution in [2.75, 3.05) is 11.9 Å². The van der Waals surface area contributed by atoms with E-state index in [4.69, 9.17) is 4.74 Å². The van der Waals surface area contributed by atoms with Crippen LogP contribution >= 0.6 is 0 Å². The van der Waals surface area contributed by atoms with Gasteiger partial charge in [0.1, 0.15) is 11.5 Å². The summed E-state index contributed by atoms with van der Waals surface area (Å²) in [5.74, 6) is -1.20. The third-order valence-corrected chi connectivity index (χ3v) is 4.15. The van der Waals surface area contributed by atoms with E-state index in [0.29, 0.717) is 29.1 Å². The summed E-state index contributed by atoms with van der Waals surface area (Å²) in [5.41, 5.74) is 2.05. The molecular weight excluding hydrogens is 361 g/mol. The van der Waals surface area contributed by atoms with Crippen LogP contribution in [0, 0.1) is 12.7 Å². The molecule has 0 aliphatic heterocycles. The lowest BCUT2D eigenvalue weighted by molar-refractivity contribution is 0.0505. The number of carbonyl (C=O) groups excluding carboxylic acids is 2. The minimum absolute atomic E-state index is 0.272. The first-order chi connectivity index (χ1) is 13.5. The van der Waals surface area contributed by atoms with E-state index in [2.05, 4.69) is 10.4 Å². The molecule has 0 radical (unpaired) electrons. The Kier molecular flexibility index (Phi) is 5.84. The van der Waals surface area contributed by atoms with E-state index in [1.807, 2.05) is 6.92 Å². The lowest BCUT2D eigenvalue weighted by Gasteiger charge is -2.08. The lowest BCUT2D eigenvalue weighted by atomic mass is 10.2. The molecule has 6 nitrogen and oxygen atoms in total. The van der Waals surface area contributed by atoms with E-state index >= 15 is 0 Å². The molecule has 1 aromatic heterocycles. The van der Waals surface area contributed by atoms with E-state index in [0.717, 1.165) is 6.42 Å². The summed E-state index contributed by atoms with van der Waals surface area (Å²) < 4.78 is 20.4. The number of halogens is 1. The minimum Gasteiger partial charge on any atom is -0.462 e. The lowest BCUT2D eigenvalue weighted by Crippen LogP contribution is -2.13. The fourth-order valence-corrected chi connectivity index (χ4v) is 2.67. The van der Waals surface area contributed by atoms with E-state index in [9.17, 15) is 14.0 Å². The number of amides is 1. The molecule has 1 N–H and O–H groups in total. The van der Waals surface area contributed by atoms with Crippen molar-refractivity contribution in [2.24, 2.45) is 0 Å². The van der Waals surface area contributed by atoms with Gasteiger partial charge in [0.05, 0.1) is 29.6 Å². The van der Waals surface area contributed by atoms with Crippen LogP contribution in [0.5, 0.6) is 0 Å². The van der Waals surface area contributed by atoms with Gasteiger partial charge in [-0.3, -0.25) is 4.79 Å². The zero-order valence-corrected chi connectivity index (χ0v) is 15.6. The first-order valence-electron chi connectivity index (χ1n) is 8.89. The first-order valence-corrected chi connectivity index (χ1v) is 8.89. The van der Waals surface area contributed by atoms with Crippen molar-refractivity contribution in [1.82, 2.24) is 9.78 Å². The van der Waals surface area contributed by atoms with Crippen molar-refractivity contribution in [3.05, 3.63) is 77.4 Å². The molecule has 0 spiro atoms. The van der Waals surface area contributed by atoms with Gasteiger partial charge in [0, 0.05) is 5.69 Å². The Labute approximate surface area is 161 Å². The van der Waals surface area contributed by atoms with Crippen LogP contribution < -0.4 is 5.32 Å². The van der Waals surface area contributed by atoms with Gasteiger partial charge in [-0.1, -0.05) is 19.1 Å². The average Bonchev–Trinajstić information content (AvgIpc) is 3.08. The number of ether oxygens (including phenoxy) is 1. The van der Waals surface area contributed by atoms with Gasteiger partial charge in [0.15, 0.2) is 0 Å². The number of hydrogen-bond acceptors (Lipinski definition) is 4. The molecule has 0 bridgehead atoms. The highest BCUT2D eigenvalue weighted by Crippen LogP contribution is 2.18. The summed E-state index contributed by atoms with van der Waals surface area (Å²) in [6, 6.07) is 12.6. The van der Waals surface area contributed by atoms with E-state index in [-0.39, 0.29) is 11.6 Å². The van der Waals surface area contributed by atoms with Gasteiger partial charge >= 0.3 is 5.97 Å². The SMILES string of the molecule is CCCOC(=O)c1ccc(NC(=O)c2cnn(-c3ccccc3F)c2C)cc1. The Hall–Kier alpha value is -3.48. The average molecular weight is 381 g/mol. The van der Waals surface area contributed by atoms with Gasteiger partial charge in [-0.2, -0.15) is 5.10 Å². The molecule has 3 rings (SSSR count). The van der Waals surface area contributed by atoms with Gasteiger partial charge in [-0.15, -0.1) is 0 Å². The van der Waals surface area contributed by atoms with Crippen LogP contribution in [-0.2, 0) is 4.74 Å². The number of carbonyl (C=O) groups is 2. The van der Waals surface area contributed by atoms with Crippen LogP contribution in [0.4, 0.5) is 10.1 Å². The highest BCUT2D eigenvalue weighted by Gasteiger charge is 2.17. The summed E-state index contributed by atoms with van der Waals surface area (Å²) in [5, 5.41) is 6.88. The minimum atomic E-state index is -0.425. The summed E-state index contributed by atoms with van der Waals surface area (Å²) in [6.07, 6.45) is 2.15. The molecule has 0 aliphatic carbocycles. The van der Waals surface area contributed by atoms with Gasteiger partial charge < -0.3 is 10.1 Å². The van der Waals surface area contributed by atoms with E-state index in [1.54, 1.807) is 49.4 Å². The van der Waals surface area contributed by atoms with Gasteiger partial charge in [0.25, 0.3) is 5.91 Å². The number of nitrogens with zero attached hydrogens (tertiary/aromatic N) is 2. The van der Waals surface area contributed by atoms with Crippen LogP contribution in [0.1, 0.15) is 39.8 Å². The standard InChI is InChI=1S/C21H20FN3O3/c1-3-12-28-21(27)15-8-10-16(11-9-15)24-20(26)17-13-23-25(14(17)2)19-7-5-4-6-18(19)22/h4-11,13H,3,12H2,1-2H3,(H,24,26). The van der Waals surface area contributed by atoms with Crippen LogP contribution in [0.2, 0.25) is 0 Å². The first kappa shape index (κ1) is 19.3. The molecule has 144 valence electrons. The number of para-hydroxylation sites is 1. The summed E-state index contributed by atoms with van der Waals surface area (Å²) in [6.45, 7) is 3.98. The topological polar surface area (TPSA) is 73.2 Å². The Bertz CT molecular complexity index is 996. The normalized spacial score (nSPS) is 10.5. The smallest absolute Gasteiger partial charge is 0.338 e. The second-order valence-electron chi connectivity index (χ2n) is 6.17. The predicted molar refractivity (Wildman–Crippen MR) is 103 cm³/mol. The summed E-state index contributed by atoms with van der Waals surface area (Å²) in [4.78, 5) is 24.4. The fraction of sp³-hybridized carbons (Fsp3) is 0.190. The van der Waals surface area contributed by atoms with Crippen molar-refractivity contribution in [3.8, 4) is 5.69 Å². The zero-order chi connectivity index (χ0) is 20.1. The molecule has 0 atom stereocenters. The molecule has 28 heavy (non-hydrogen) atoms. The van der Waals surface area contributed by atoms with Crippen LogP contribution in [0.3, 0.4) is 0 Å². The second-order valence-corrected chi connectivity index (χ2v) is 6.17. The Morgan fingerprint density at radius 2 is 1.86 bits per heavy atom. The zero-order valence-electron chi connectivity index (χ0n) is 15.6. The molecule has 1 heterocycles. The van der Waals surface area contributed by atoms with Crippen molar-refractivity contribution < 1.29 is 18.7 Å². The van der Waals surface area contributed by atoms with Gasteiger partial charge in [-0.05, 0) is 49.7 Å². The molecule has 0 saturated heterocycles. The Morgan fingerprint density at radius 1 is 1.14 bits per heavy atom. The monoisotopic (exact) mass is 381 g/mol. The van der Waals surface area contributed by atoms with Crippen LogP contribution in [0.25, 0.3) is 5.69 Å². The van der Waals surface area contributed by atoms with Crippen molar-refractivity contribution in [1.29, 1.82) is 0 Å². The van der Waals surface area contributed by atoms with Crippen LogP contribution in [-0.4, -0.2) is 28.3 Å². The molecular formula is C21H20FN3O3. The quantitative estimate of drug-likeness (QED) is 0.652. The third-order valence-electron chi connectivity index (χ3n) is 4.15. The van der Waals surface area contributed by atoms with Crippen LogP contribution in [0.15, 0.2) is 54.7 Å². The number of nitrogens with one attached hydrogen (secondary N) is 1. The molecule has 2 aromatic carbocycles. The molecule has 0 fully saturated rings. The number of anilines is 1. The largest absolute Gasteiger partial charge is 0.462 e. The molecule has 1 amide bonds. The van der Waals surface area contributed by atoms with E-state index in [1.165, 1.54) is 16.9 Å². The maximum Gasteiger partial charge on any atom is 0.338 e. The number of aromatic nitrogens is 2. The molecule has 7 heteroatoms. The summed E-state index contributed by atoms with van der Waals surface area (Å²) >= 11 is 0. The maximum absolute atomic E-state index is 14.0. The predicted octanol–water partition coefficient (Wildman–Crippen LogP) is 4.14. The number of benzene rings is 2. The van der Waals surface area contributed by atoms with E-state index < -0.39 is 11.8 Å². The second kappa shape index (κ2) is 8.47. The highest BCUT2D eigenvalue weighted by atomic mass is 19.1. The van der Waals surface area contributed by atoms with Crippen molar-refractivity contribution in [2.45, 2.75) is 20.3 Å². The fourth-order valence-electron chi connectivity index (χ4n) is 2.67.